The van der Waals surface area contributed by atoms with Gasteiger partial charge >= 0.3 is 0 Å². The molecule has 0 aliphatic heterocycles. The van der Waals surface area contributed by atoms with Crippen LogP contribution in [-0.2, 0) is 0 Å². The van der Waals surface area contributed by atoms with E-state index in [1.54, 1.807) is 0 Å². The van der Waals surface area contributed by atoms with Gasteiger partial charge in [-0.3, -0.25) is 0 Å². The lowest BCUT2D eigenvalue weighted by atomic mass is 9.95. The van der Waals surface area contributed by atoms with Crippen LogP contribution in [0.25, 0.3) is 0 Å². The normalized spacial score (nSPS) is 18.4. The van der Waals surface area contributed by atoms with E-state index in [0.29, 0.717) is 18.4 Å². The predicted molar refractivity (Wildman–Crippen MR) is 77.6 cm³/mol. The third kappa shape index (κ3) is 3.10. The van der Waals surface area contributed by atoms with Gasteiger partial charge in [0, 0.05) is 0 Å². The average Bonchev–Trinajstić information content (AvgIpc) is 3.26. The molecule has 1 aromatic carbocycles. The summed E-state index contributed by atoms with van der Waals surface area (Å²) in [7, 11) is 1.91. The Morgan fingerprint density at radius 2 is 2.05 bits per heavy atom. The molecular formula is C16H25NO2. The van der Waals surface area contributed by atoms with Gasteiger partial charge in [0.25, 0.3) is 0 Å². The number of para-hydroxylation sites is 1. The van der Waals surface area contributed by atoms with E-state index in [1.165, 1.54) is 18.4 Å². The van der Waals surface area contributed by atoms with Crippen LogP contribution in [0.2, 0.25) is 0 Å². The molecule has 0 spiro atoms. The molecule has 1 saturated carbocycles. The molecule has 2 N–H and O–H groups in total. The van der Waals surface area contributed by atoms with Crippen molar-refractivity contribution in [3.05, 3.63) is 29.8 Å². The molecule has 0 aromatic heterocycles. The fourth-order valence-corrected chi connectivity index (χ4v) is 2.58. The van der Waals surface area contributed by atoms with E-state index in [2.05, 4.69) is 25.2 Å². The Balaban J connectivity index is 2.09. The van der Waals surface area contributed by atoms with Gasteiger partial charge in [0.2, 0.25) is 0 Å². The second-order valence-corrected chi connectivity index (χ2v) is 5.82. The molecule has 2 rings (SSSR count). The van der Waals surface area contributed by atoms with Crippen molar-refractivity contribution in [2.45, 2.75) is 38.1 Å². The highest BCUT2D eigenvalue weighted by Crippen LogP contribution is 2.40. The summed E-state index contributed by atoms with van der Waals surface area (Å²) >= 11 is 0. The monoisotopic (exact) mass is 263 g/mol. The van der Waals surface area contributed by atoms with Crippen LogP contribution < -0.4 is 10.1 Å². The van der Waals surface area contributed by atoms with Gasteiger partial charge in [-0.25, -0.2) is 0 Å². The molecule has 1 fully saturated rings. The van der Waals surface area contributed by atoms with Crippen LogP contribution in [-0.4, -0.2) is 30.9 Å². The summed E-state index contributed by atoms with van der Waals surface area (Å²) < 4.78 is 6.02. The van der Waals surface area contributed by atoms with Crippen molar-refractivity contribution in [2.24, 2.45) is 5.92 Å². The second kappa shape index (κ2) is 5.93. The SMILES string of the molecule is CNC(CO)(COc1ccccc1C(C)C)C1CC1. The van der Waals surface area contributed by atoms with Gasteiger partial charge in [-0.05, 0) is 43.4 Å². The molecular weight excluding hydrogens is 238 g/mol. The minimum absolute atomic E-state index is 0.123. The number of nitrogens with one attached hydrogen (secondary N) is 1. The lowest BCUT2D eigenvalue weighted by Crippen LogP contribution is -2.53. The molecule has 1 aliphatic carbocycles. The molecule has 106 valence electrons. The number of ether oxygens (including phenoxy) is 1. The van der Waals surface area contributed by atoms with Gasteiger partial charge < -0.3 is 15.2 Å². The van der Waals surface area contributed by atoms with Crippen LogP contribution in [0.5, 0.6) is 5.75 Å². The molecule has 1 aliphatic rings. The molecule has 3 nitrogen and oxygen atoms in total. The Kier molecular flexibility index (Phi) is 4.48. The van der Waals surface area contributed by atoms with E-state index < -0.39 is 0 Å². The smallest absolute Gasteiger partial charge is 0.122 e. The van der Waals surface area contributed by atoms with Crippen molar-refractivity contribution >= 4 is 0 Å². The molecule has 0 heterocycles. The number of benzene rings is 1. The Morgan fingerprint density at radius 1 is 1.37 bits per heavy atom. The maximum absolute atomic E-state index is 9.70. The lowest BCUT2D eigenvalue weighted by Gasteiger charge is -2.32. The quantitative estimate of drug-likeness (QED) is 0.794. The Morgan fingerprint density at radius 3 is 2.58 bits per heavy atom. The zero-order valence-corrected chi connectivity index (χ0v) is 12.1. The maximum atomic E-state index is 9.70. The average molecular weight is 263 g/mol. The Labute approximate surface area is 116 Å². The molecule has 0 saturated heterocycles. The van der Waals surface area contributed by atoms with E-state index >= 15 is 0 Å². The van der Waals surface area contributed by atoms with Crippen LogP contribution in [0, 0.1) is 5.92 Å². The summed E-state index contributed by atoms with van der Waals surface area (Å²) in [4.78, 5) is 0. The van der Waals surface area contributed by atoms with Crippen molar-refractivity contribution < 1.29 is 9.84 Å². The largest absolute Gasteiger partial charge is 0.491 e. The lowest BCUT2D eigenvalue weighted by molar-refractivity contribution is 0.0909. The number of hydrogen-bond acceptors (Lipinski definition) is 3. The maximum Gasteiger partial charge on any atom is 0.122 e. The summed E-state index contributed by atoms with van der Waals surface area (Å²) in [5.74, 6) is 1.91. The van der Waals surface area contributed by atoms with Crippen LogP contribution >= 0.6 is 0 Å². The number of aliphatic hydroxyl groups is 1. The summed E-state index contributed by atoms with van der Waals surface area (Å²) in [6.45, 7) is 4.98. The van der Waals surface area contributed by atoms with Crippen molar-refractivity contribution in [3.63, 3.8) is 0 Å². The first kappa shape index (κ1) is 14.4. The molecule has 1 atom stereocenters. The third-order valence-electron chi connectivity index (χ3n) is 4.17. The second-order valence-electron chi connectivity index (χ2n) is 5.82. The van der Waals surface area contributed by atoms with E-state index in [1.807, 2.05) is 25.2 Å². The van der Waals surface area contributed by atoms with Gasteiger partial charge in [0.05, 0.1) is 12.1 Å². The topological polar surface area (TPSA) is 41.5 Å². The fraction of sp³-hybridized carbons (Fsp3) is 0.625. The minimum atomic E-state index is -0.288. The first-order valence-electron chi connectivity index (χ1n) is 7.14. The number of likely N-dealkylation sites (N-methyl/N-ethyl adjacent to an activating group) is 1. The third-order valence-corrected chi connectivity index (χ3v) is 4.17. The molecule has 1 aromatic rings. The number of hydrogen-bond donors (Lipinski definition) is 2. The summed E-state index contributed by atoms with van der Waals surface area (Å²) in [5, 5.41) is 13.0. The Bertz CT molecular complexity index is 409. The fourth-order valence-electron chi connectivity index (χ4n) is 2.58. The van der Waals surface area contributed by atoms with E-state index in [0.717, 1.165) is 5.75 Å². The van der Waals surface area contributed by atoms with Crippen molar-refractivity contribution in [1.29, 1.82) is 0 Å². The van der Waals surface area contributed by atoms with E-state index in [4.69, 9.17) is 4.74 Å². The highest BCUT2D eigenvalue weighted by atomic mass is 16.5. The van der Waals surface area contributed by atoms with Crippen LogP contribution in [0.3, 0.4) is 0 Å². The van der Waals surface area contributed by atoms with Crippen LogP contribution in [0.1, 0.15) is 38.2 Å². The molecule has 1 unspecified atom stereocenters. The molecule has 3 heteroatoms. The highest BCUT2D eigenvalue weighted by molar-refractivity contribution is 5.35. The Hall–Kier alpha value is -1.06. The van der Waals surface area contributed by atoms with Gasteiger partial charge in [-0.1, -0.05) is 32.0 Å². The van der Waals surface area contributed by atoms with E-state index in [-0.39, 0.29) is 12.1 Å². The number of aliphatic hydroxyl groups excluding tert-OH is 1. The molecule has 0 amide bonds. The van der Waals surface area contributed by atoms with Gasteiger partial charge in [0.1, 0.15) is 12.4 Å². The standard InChI is InChI=1S/C16H25NO2/c1-12(2)14-6-4-5-7-15(14)19-11-16(10-18,17-3)13-8-9-13/h4-7,12-13,17-18H,8-11H2,1-3H3. The molecule has 0 radical (unpaired) electrons. The highest BCUT2D eigenvalue weighted by Gasteiger charge is 2.44. The van der Waals surface area contributed by atoms with Crippen molar-refractivity contribution in [2.75, 3.05) is 20.3 Å². The molecule has 0 bridgehead atoms. The first-order valence-corrected chi connectivity index (χ1v) is 7.14. The number of rotatable bonds is 7. The predicted octanol–water partition coefficient (Wildman–Crippen LogP) is 2.55. The van der Waals surface area contributed by atoms with Gasteiger partial charge in [-0.15, -0.1) is 0 Å². The summed E-state index contributed by atoms with van der Waals surface area (Å²) in [6, 6.07) is 8.16. The minimum Gasteiger partial charge on any atom is -0.491 e. The summed E-state index contributed by atoms with van der Waals surface area (Å²) in [5.41, 5.74) is 0.936. The van der Waals surface area contributed by atoms with Crippen LogP contribution in [0.4, 0.5) is 0 Å². The van der Waals surface area contributed by atoms with Gasteiger partial charge in [0.15, 0.2) is 0 Å². The summed E-state index contributed by atoms with van der Waals surface area (Å²) in [6.07, 6.45) is 2.35. The van der Waals surface area contributed by atoms with Crippen LogP contribution in [0.15, 0.2) is 24.3 Å². The zero-order chi connectivity index (χ0) is 13.9. The zero-order valence-electron chi connectivity index (χ0n) is 12.1. The van der Waals surface area contributed by atoms with Crippen molar-refractivity contribution in [1.82, 2.24) is 5.32 Å². The van der Waals surface area contributed by atoms with E-state index in [9.17, 15) is 5.11 Å². The van der Waals surface area contributed by atoms with Crippen molar-refractivity contribution in [3.8, 4) is 5.75 Å². The molecule has 19 heavy (non-hydrogen) atoms. The first-order chi connectivity index (χ1) is 9.13. The van der Waals surface area contributed by atoms with Gasteiger partial charge in [-0.2, -0.15) is 0 Å².